The number of anilines is 1. The van der Waals surface area contributed by atoms with Crippen molar-refractivity contribution in [1.82, 2.24) is 10.6 Å². The van der Waals surface area contributed by atoms with Crippen molar-refractivity contribution in [3.05, 3.63) is 65.5 Å². The maximum atomic E-state index is 13.2. The van der Waals surface area contributed by atoms with Gasteiger partial charge in [0.15, 0.2) is 0 Å². The van der Waals surface area contributed by atoms with Crippen molar-refractivity contribution in [2.45, 2.75) is 31.4 Å². The molecule has 0 radical (unpaired) electrons. The van der Waals surface area contributed by atoms with E-state index in [-0.39, 0.29) is 24.4 Å². The van der Waals surface area contributed by atoms with E-state index in [0.717, 1.165) is 5.56 Å². The van der Waals surface area contributed by atoms with E-state index in [9.17, 15) is 22.8 Å². The third kappa shape index (κ3) is 5.95. The molecule has 0 spiro atoms. The number of halogens is 4. The van der Waals surface area contributed by atoms with Gasteiger partial charge in [-0.2, -0.15) is 0 Å². The number of hydrogen-bond acceptors (Lipinski definition) is 3. The Labute approximate surface area is 172 Å². The molecule has 0 saturated carbocycles. The van der Waals surface area contributed by atoms with E-state index in [1.54, 1.807) is 31.2 Å². The summed E-state index contributed by atoms with van der Waals surface area (Å²) in [7, 11) is 0. The van der Waals surface area contributed by atoms with Crippen molar-refractivity contribution < 1.29 is 22.8 Å². The standard InChI is InChI=1S/C20H20F3N3O2.ClH/c1-12(25-19(28)17-10-20(22,23)11-24-17)13-4-8-16(9-5-13)26-18(27)14-2-6-15(21)7-3-14;/h2-9,12,17,24H,10-11H2,1H3,(H,25,28)(H,26,27);1H. The SMILES string of the molecule is CC(NC(=O)C1CC(F)(F)CN1)c1ccc(NC(=O)c2ccc(F)cc2)cc1.Cl. The molecule has 2 atom stereocenters. The van der Waals surface area contributed by atoms with E-state index in [4.69, 9.17) is 0 Å². The summed E-state index contributed by atoms with van der Waals surface area (Å²) >= 11 is 0. The van der Waals surface area contributed by atoms with Gasteiger partial charge in [0.05, 0.1) is 18.6 Å². The molecule has 3 N–H and O–H groups in total. The summed E-state index contributed by atoms with van der Waals surface area (Å²) in [6.45, 7) is 1.25. The van der Waals surface area contributed by atoms with Gasteiger partial charge in [-0.3, -0.25) is 14.9 Å². The zero-order valence-corrected chi connectivity index (χ0v) is 16.4. The minimum absolute atomic E-state index is 0. The van der Waals surface area contributed by atoms with Gasteiger partial charge in [0.1, 0.15) is 5.82 Å². The highest BCUT2D eigenvalue weighted by Gasteiger charge is 2.42. The fourth-order valence-corrected chi connectivity index (χ4v) is 2.96. The Kier molecular flexibility index (Phi) is 7.26. The van der Waals surface area contributed by atoms with Crippen LogP contribution in [0.1, 0.15) is 35.3 Å². The van der Waals surface area contributed by atoms with Crippen LogP contribution in [0.4, 0.5) is 18.9 Å². The van der Waals surface area contributed by atoms with Crippen LogP contribution in [0.2, 0.25) is 0 Å². The fourth-order valence-electron chi connectivity index (χ4n) is 2.96. The Morgan fingerprint density at radius 1 is 1.10 bits per heavy atom. The van der Waals surface area contributed by atoms with Crippen LogP contribution in [0, 0.1) is 5.82 Å². The Bertz CT molecular complexity index is 860. The Morgan fingerprint density at radius 3 is 2.28 bits per heavy atom. The van der Waals surface area contributed by atoms with Crippen LogP contribution in [0.5, 0.6) is 0 Å². The summed E-state index contributed by atoms with van der Waals surface area (Å²) in [6, 6.07) is 10.7. The van der Waals surface area contributed by atoms with Gasteiger partial charge in [-0.25, -0.2) is 13.2 Å². The zero-order chi connectivity index (χ0) is 20.3. The van der Waals surface area contributed by atoms with E-state index in [1.807, 2.05) is 0 Å². The molecule has 1 heterocycles. The number of carbonyl (C=O) groups is 2. The molecule has 2 aromatic rings. The van der Waals surface area contributed by atoms with Gasteiger partial charge in [0, 0.05) is 17.7 Å². The van der Waals surface area contributed by atoms with Crippen LogP contribution in [-0.2, 0) is 4.79 Å². The average molecular weight is 428 g/mol. The molecule has 2 aromatic carbocycles. The van der Waals surface area contributed by atoms with E-state index >= 15 is 0 Å². The topological polar surface area (TPSA) is 70.2 Å². The largest absolute Gasteiger partial charge is 0.348 e. The molecule has 2 amide bonds. The van der Waals surface area contributed by atoms with Gasteiger partial charge in [0.25, 0.3) is 11.8 Å². The van der Waals surface area contributed by atoms with Crippen molar-refractivity contribution in [1.29, 1.82) is 0 Å². The fraction of sp³-hybridized carbons (Fsp3) is 0.300. The van der Waals surface area contributed by atoms with Crippen molar-refractivity contribution >= 4 is 29.9 Å². The van der Waals surface area contributed by atoms with Crippen LogP contribution >= 0.6 is 12.4 Å². The molecule has 1 aliphatic rings. The molecule has 0 aromatic heterocycles. The molecule has 1 saturated heterocycles. The van der Waals surface area contributed by atoms with E-state index in [2.05, 4.69) is 16.0 Å². The van der Waals surface area contributed by atoms with Crippen LogP contribution in [0.25, 0.3) is 0 Å². The maximum absolute atomic E-state index is 13.2. The predicted molar refractivity (Wildman–Crippen MR) is 106 cm³/mol. The second kappa shape index (κ2) is 9.28. The van der Waals surface area contributed by atoms with Crippen LogP contribution in [0.15, 0.2) is 48.5 Å². The molecule has 9 heteroatoms. The molecule has 29 heavy (non-hydrogen) atoms. The minimum Gasteiger partial charge on any atom is -0.348 e. The first-order valence-electron chi connectivity index (χ1n) is 8.82. The number of carbonyl (C=O) groups excluding carboxylic acids is 2. The van der Waals surface area contributed by atoms with Gasteiger partial charge < -0.3 is 10.6 Å². The highest BCUT2D eigenvalue weighted by atomic mass is 35.5. The molecule has 1 fully saturated rings. The van der Waals surface area contributed by atoms with E-state index in [0.29, 0.717) is 11.3 Å². The van der Waals surface area contributed by atoms with Crippen molar-refractivity contribution in [2.24, 2.45) is 0 Å². The lowest BCUT2D eigenvalue weighted by molar-refractivity contribution is -0.124. The van der Waals surface area contributed by atoms with E-state index in [1.165, 1.54) is 24.3 Å². The Morgan fingerprint density at radius 2 is 1.72 bits per heavy atom. The normalized spacial score (nSPS) is 18.4. The molecule has 3 rings (SSSR count). The lowest BCUT2D eigenvalue weighted by Gasteiger charge is -2.18. The van der Waals surface area contributed by atoms with Crippen molar-refractivity contribution in [2.75, 3.05) is 11.9 Å². The summed E-state index contributed by atoms with van der Waals surface area (Å²) in [5.74, 6) is -4.13. The summed E-state index contributed by atoms with van der Waals surface area (Å²) in [5.41, 5.74) is 1.62. The van der Waals surface area contributed by atoms with Crippen molar-refractivity contribution in [3.63, 3.8) is 0 Å². The molecular weight excluding hydrogens is 407 g/mol. The Balaban J connectivity index is 0.00000300. The van der Waals surface area contributed by atoms with E-state index < -0.39 is 36.7 Å². The molecule has 2 unspecified atom stereocenters. The highest BCUT2D eigenvalue weighted by molar-refractivity contribution is 6.04. The van der Waals surface area contributed by atoms with Crippen LogP contribution < -0.4 is 16.0 Å². The molecular formula is C20H21ClF3N3O2. The quantitative estimate of drug-likeness (QED) is 0.681. The minimum atomic E-state index is -2.87. The lowest BCUT2D eigenvalue weighted by atomic mass is 10.1. The third-order valence-electron chi connectivity index (χ3n) is 4.56. The summed E-state index contributed by atoms with van der Waals surface area (Å²) in [6.07, 6.45) is -0.514. The average Bonchev–Trinajstić information content (AvgIpc) is 3.02. The lowest BCUT2D eigenvalue weighted by Crippen LogP contribution is -2.41. The number of rotatable bonds is 5. The number of alkyl halides is 2. The number of hydrogen-bond donors (Lipinski definition) is 3. The van der Waals surface area contributed by atoms with Gasteiger partial charge in [-0.05, 0) is 48.9 Å². The molecule has 156 valence electrons. The number of benzene rings is 2. The summed E-state index contributed by atoms with van der Waals surface area (Å²) in [4.78, 5) is 24.2. The van der Waals surface area contributed by atoms with Gasteiger partial charge >= 0.3 is 0 Å². The molecule has 1 aliphatic heterocycles. The molecule has 0 aliphatic carbocycles. The highest BCUT2D eigenvalue weighted by Crippen LogP contribution is 2.25. The second-order valence-electron chi connectivity index (χ2n) is 6.81. The number of amides is 2. The first kappa shape index (κ1) is 22.7. The van der Waals surface area contributed by atoms with Crippen molar-refractivity contribution in [3.8, 4) is 0 Å². The van der Waals surface area contributed by atoms with Gasteiger partial charge in [-0.15, -0.1) is 12.4 Å². The maximum Gasteiger partial charge on any atom is 0.262 e. The second-order valence-corrected chi connectivity index (χ2v) is 6.81. The smallest absolute Gasteiger partial charge is 0.262 e. The predicted octanol–water partition coefficient (Wildman–Crippen LogP) is 3.67. The van der Waals surface area contributed by atoms with Crippen LogP contribution in [0.3, 0.4) is 0 Å². The zero-order valence-electron chi connectivity index (χ0n) is 15.5. The Hall–Kier alpha value is -2.58. The first-order valence-corrected chi connectivity index (χ1v) is 8.82. The number of nitrogens with one attached hydrogen (secondary N) is 3. The van der Waals surface area contributed by atoms with Gasteiger partial charge in [0.2, 0.25) is 5.91 Å². The van der Waals surface area contributed by atoms with Gasteiger partial charge in [-0.1, -0.05) is 12.1 Å². The molecule has 5 nitrogen and oxygen atoms in total. The third-order valence-corrected chi connectivity index (χ3v) is 4.56. The monoisotopic (exact) mass is 427 g/mol. The summed E-state index contributed by atoms with van der Waals surface area (Å²) in [5, 5.41) is 7.93. The summed E-state index contributed by atoms with van der Waals surface area (Å²) < 4.78 is 39.3. The first-order chi connectivity index (χ1) is 13.2. The molecule has 0 bridgehead atoms. The van der Waals surface area contributed by atoms with Crippen LogP contribution in [-0.4, -0.2) is 30.3 Å².